The molecule has 0 atom stereocenters. The van der Waals surface area contributed by atoms with Crippen molar-refractivity contribution in [3.05, 3.63) is 42.2 Å². The maximum Gasteiger partial charge on any atom is 0.180 e. The van der Waals surface area contributed by atoms with Gasteiger partial charge >= 0.3 is 0 Å². The summed E-state index contributed by atoms with van der Waals surface area (Å²) in [5, 5.41) is 0.713. The van der Waals surface area contributed by atoms with Gasteiger partial charge in [0, 0.05) is 18.0 Å². The zero-order chi connectivity index (χ0) is 15.0. The third-order valence-electron chi connectivity index (χ3n) is 3.27. The van der Waals surface area contributed by atoms with E-state index in [1.807, 2.05) is 25.1 Å². The summed E-state index contributed by atoms with van der Waals surface area (Å²) in [6, 6.07) is 7.76. The molecule has 0 unspecified atom stereocenters. The van der Waals surface area contributed by atoms with E-state index in [0.29, 0.717) is 10.6 Å². The average molecular weight is 318 g/mol. The van der Waals surface area contributed by atoms with Crippen LogP contribution in [0.4, 0.5) is 0 Å². The lowest BCUT2D eigenvalue weighted by atomic mass is 10.2. The summed E-state index contributed by atoms with van der Waals surface area (Å²) in [6.45, 7) is 3.64. The van der Waals surface area contributed by atoms with Gasteiger partial charge in [0.25, 0.3) is 0 Å². The highest BCUT2D eigenvalue weighted by atomic mass is 32.2. The van der Waals surface area contributed by atoms with Crippen molar-refractivity contribution in [2.45, 2.75) is 18.7 Å². The molecule has 3 aromatic rings. The van der Waals surface area contributed by atoms with Crippen LogP contribution >= 0.6 is 11.3 Å². The van der Waals surface area contributed by atoms with E-state index in [4.69, 9.17) is 0 Å². The molecule has 108 valence electrons. The molecule has 0 aliphatic heterocycles. The lowest BCUT2D eigenvalue weighted by molar-refractivity contribution is 0.597. The minimum absolute atomic E-state index is 0.0513. The van der Waals surface area contributed by atoms with E-state index in [1.54, 1.807) is 19.2 Å². The number of sulfone groups is 1. The molecule has 0 spiro atoms. The van der Waals surface area contributed by atoms with Gasteiger partial charge in [0.2, 0.25) is 0 Å². The van der Waals surface area contributed by atoms with Crippen LogP contribution in [0.1, 0.15) is 12.5 Å². The predicted octanol–water partition coefficient (Wildman–Crippen LogP) is 3.46. The monoisotopic (exact) mass is 318 g/mol. The number of benzene rings is 1. The molecule has 0 aliphatic rings. The van der Waals surface area contributed by atoms with E-state index in [-0.39, 0.29) is 10.6 Å². The Morgan fingerprint density at radius 2 is 2.05 bits per heavy atom. The summed E-state index contributed by atoms with van der Waals surface area (Å²) in [5.41, 5.74) is 2.66. The van der Waals surface area contributed by atoms with Crippen LogP contribution in [0.2, 0.25) is 0 Å². The minimum atomic E-state index is -3.32. The fourth-order valence-electron chi connectivity index (χ4n) is 2.11. The Kier molecular flexibility index (Phi) is 3.51. The van der Waals surface area contributed by atoms with Crippen LogP contribution in [0.15, 0.2) is 41.6 Å². The van der Waals surface area contributed by atoms with Crippen LogP contribution in [0.5, 0.6) is 0 Å². The Labute approximate surface area is 127 Å². The van der Waals surface area contributed by atoms with Gasteiger partial charge in [0.1, 0.15) is 5.01 Å². The first-order chi connectivity index (χ1) is 10.0. The molecular formula is C15H14N2O2S2. The summed E-state index contributed by atoms with van der Waals surface area (Å²) in [6.07, 6.45) is 3.01. The van der Waals surface area contributed by atoms with Crippen LogP contribution in [-0.2, 0) is 9.84 Å². The van der Waals surface area contributed by atoms with E-state index >= 15 is 0 Å². The number of hydrogen-bond acceptors (Lipinski definition) is 5. The summed E-state index contributed by atoms with van der Waals surface area (Å²) in [5.74, 6) is 0.0513. The molecule has 0 fully saturated rings. The Bertz CT molecular complexity index is 914. The minimum Gasteiger partial charge on any atom is -0.263 e. The second kappa shape index (κ2) is 5.20. The third kappa shape index (κ3) is 2.56. The molecule has 0 aliphatic carbocycles. The molecule has 0 bridgehead atoms. The van der Waals surface area contributed by atoms with Crippen molar-refractivity contribution >= 4 is 31.4 Å². The quantitative estimate of drug-likeness (QED) is 0.742. The molecule has 4 nitrogen and oxygen atoms in total. The fourth-order valence-corrected chi connectivity index (χ4v) is 4.19. The van der Waals surface area contributed by atoms with Gasteiger partial charge in [0.05, 0.1) is 20.9 Å². The van der Waals surface area contributed by atoms with E-state index in [2.05, 4.69) is 9.97 Å². The van der Waals surface area contributed by atoms with Gasteiger partial charge in [-0.15, -0.1) is 11.3 Å². The molecule has 3 rings (SSSR count). The number of pyridine rings is 1. The number of aryl methyl sites for hydroxylation is 1. The lowest BCUT2D eigenvalue weighted by Gasteiger charge is -2.05. The van der Waals surface area contributed by atoms with Crippen LogP contribution < -0.4 is 0 Å². The standard InChI is InChI=1S/C15H14N2O2S2/c1-3-21(18,19)14-9-16-7-6-11(14)15-17-12-8-10(2)4-5-13(12)20-15/h4-9H,3H2,1-2H3. The zero-order valence-corrected chi connectivity index (χ0v) is 13.3. The Balaban J connectivity index is 2.24. The van der Waals surface area contributed by atoms with Gasteiger partial charge in [-0.05, 0) is 30.7 Å². The number of aromatic nitrogens is 2. The molecule has 0 saturated heterocycles. The van der Waals surface area contributed by atoms with Gasteiger partial charge < -0.3 is 0 Å². The molecule has 2 aromatic heterocycles. The molecule has 0 N–H and O–H groups in total. The maximum atomic E-state index is 12.2. The molecule has 0 saturated carbocycles. The lowest BCUT2D eigenvalue weighted by Crippen LogP contribution is -2.06. The van der Waals surface area contributed by atoms with E-state index in [9.17, 15) is 8.42 Å². The second-order valence-corrected chi connectivity index (χ2v) is 8.04. The average Bonchev–Trinajstić information content (AvgIpc) is 2.90. The number of fused-ring (bicyclic) bond motifs is 1. The number of rotatable bonds is 3. The van der Waals surface area contributed by atoms with Crippen molar-refractivity contribution in [3.63, 3.8) is 0 Å². The molecule has 21 heavy (non-hydrogen) atoms. The molecule has 0 amide bonds. The van der Waals surface area contributed by atoms with Gasteiger partial charge in [0.15, 0.2) is 9.84 Å². The first-order valence-corrected chi connectivity index (χ1v) is 9.02. The third-order valence-corrected chi connectivity index (χ3v) is 6.10. The molecule has 2 heterocycles. The van der Waals surface area contributed by atoms with Crippen molar-refractivity contribution in [2.24, 2.45) is 0 Å². The molecular weight excluding hydrogens is 304 g/mol. The van der Waals surface area contributed by atoms with Crippen LogP contribution in [-0.4, -0.2) is 24.1 Å². The van der Waals surface area contributed by atoms with Crippen LogP contribution in [0.25, 0.3) is 20.8 Å². The van der Waals surface area contributed by atoms with E-state index in [1.165, 1.54) is 17.5 Å². The summed E-state index contributed by atoms with van der Waals surface area (Å²) < 4.78 is 25.5. The highest BCUT2D eigenvalue weighted by molar-refractivity contribution is 7.91. The Morgan fingerprint density at radius 1 is 1.24 bits per heavy atom. The van der Waals surface area contributed by atoms with Crippen molar-refractivity contribution in [1.82, 2.24) is 9.97 Å². The maximum absolute atomic E-state index is 12.2. The Morgan fingerprint density at radius 3 is 2.81 bits per heavy atom. The smallest absolute Gasteiger partial charge is 0.180 e. The molecule has 0 radical (unpaired) electrons. The SMILES string of the molecule is CCS(=O)(=O)c1cnccc1-c1nc2cc(C)ccc2s1. The van der Waals surface area contributed by atoms with Crippen molar-refractivity contribution in [2.75, 3.05) is 5.75 Å². The van der Waals surface area contributed by atoms with E-state index in [0.717, 1.165) is 15.8 Å². The van der Waals surface area contributed by atoms with Crippen LogP contribution in [0.3, 0.4) is 0 Å². The number of hydrogen-bond donors (Lipinski definition) is 0. The van der Waals surface area contributed by atoms with Crippen molar-refractivity contribution < 1.29 is 8.42 Å². The fraction of sp³-hybridized carbons (Fsp3) is 0.200. The highest BCUT2D eigenvalue weighted by Gasteiger charge is 2.20. The first-order valence-electron chi connectivity index (χ1n) is 6.55. The summed E-state index contributed by atoms with van der Waals surface area (Å²) in [7, 11) is -3.32. The zero-order valence-electron chi connectivity index (χ0n) is 11.7. The second-order valence-electron chi connectivity index (χ2n) is 4.77. The number of nitrogens with zero attached hydrogens (tertiary/aromatic N) is 2. The van der Waals surface area contributed by atoms with Crippen LogP contribution in [0, 0.1) is 6.92 Å². The molecule has 1 aromatic carbocycles. The van der Waals surface area contributed by atoms with Gasteiger partial charge in [-0.2, -0.15) is 0 Å². The predicted molar refractivity (Wildman–Crippen MR) is 85.3 cm³/mol. The van der Waals surface area contributed by atoms with Crippen molar-refractivity contribution in [1.29, 1.82) is 0 Å². The first kappa shape index (κ1) is 14.2. The van der Waals surface area contributed by atoms with Gasteiger partial charge in [-0.25, -0.2) is 13.4 Å². The van der Waals surface area contributed by atoms with Gasteiger partial charge in [-0.3, -0.25) is 4.98 Å². The number of thiazole rings is 1. The van der Waals surface area contributed by atoms with E-state index < -0.39 is 9.84 Å². The normalized spacial score (nSPS) is 11.9. The van der Waals surface area contributed by atoms with Crippen molar-refractivity contribution in [3.8, 4) is 10.6 Å². The highest BCUT2D eigenvalue weighted by Crippen LogP contribution is 2.34. The summed E-state index contributed by atoms with van der Waals surface area (Å²) >= 11 is 1.50. The van der Waals surface area contributed by atoms with Gasteiger partial charge in [-0.1, -0.05) is 13.0 Å². The Hall–Kier alpha value is -1.79. The largest absolute Gasteiger partial charge is 0.263 e. The topological polar surface area (TPSA) is 59.9 Å². The summed E-state index contributed by atoms with van der Waals surface area (Å²) in [4.78, 5) is 8.78. The molecule has 6 heteroatoms.